The van der Waals surface area contributed by atoms with Gasteiger partial charge in [0.15, 0.2) is 3.74 Å². The van der Waals surface area contributed by atoms with Gasteiger partial charge in [-0.2, -0.15) is 13.2 Å². The molecule has 1 heterocycles. The number of piperidine rings is 1. The van der Waals surface area contributed by atoms with Gasteiger partial charge in [-0.05, 0) is 30.8 Å². The number of hydrogen-bond acceptors (Lipinski definition) is 3. The lowest BCUT2D eigenvalue weighted by molar-refractivity contribution is -0.161. The summed E-state index contributed by atoms with van der Waals surface area (Å²) in [5.41, 5.74) is -1.74. The topological polar surface area (TPSA) is 38.3 Å². The van der Waals surface area contributed by atoms with E-state index in [2.05, 4.69) is 37.2 Å². The second-order valence-electron chi connectivity index (χ2n) is 5.16. The van der Waals surface area contributed by atoms with Crippen molar-refractivity contribution in [3.8, 4) is 0 Å². The molecule has 1 aromatic rings. The number of ether oxygens (including phenoxy) is 1. The maximum absolute atomic E-state index is 13.1. The third-order valence-electron chi connectivity index (χ3n) is 3.68. The van der Waals surface area contributed by atoms with Gasteiger partial charge < -0.3 is 10.1 Å². The lowest BCUT2D eigenvalue weighted by atomic mass is 9.84. The molecule has 0 atom stereocenters. The second-order valence-corrected chi connectivity index (χ2v) is 8.63. The smallest absolute Gasteiger partial charge is 0.417 e. The van der Waals surface area contributed by atoms with E-state index in [4.69, 9.17) is 16.3 Å². The number of nitrogens with one attached hydrogen (secondary N) is 1. The van der Waals surface area contributed by atoms with E-state index < -0.39 is 27.0 Å². The van der Waals surface area contributed by atoms with Gasteiger partial charge in [0.25, 0.3) is 0 Å². The highest BCUT2D eigenvalue weighted by atomic mass is 79.9. The van der Waals surface area contributed by atoms with Crippen LogP contribution in [0.5, 0.6) is 0 Å². The summed E-state index contributed by atoms with van der Waals surface area (Å²) >= 11 is 11.8. The molecule has 3 nitrogen and oxygen atoms in total. The first-order valence-corrected chi connectivity index (χ1v) is 8.95. The van der Waals surface area contributed by atoms with E-state index in [9.17, 15) is 18.0 Å². The molecule has 9 heteroatoms. The molecule has 1 saturated heterocycles. The molecule has 0 radical (unpaired) electrons. The summed E-state index contributed by atoms with van der Waals surface area (Å²) < 4.78 is 44.1. The van der Waals surface area contributed by atoms with Gasteiger partial charge in [0, 0.05) is 12.8 Å². The Balaban J connectivity index is 2.46. The Kier molecular flexibility index (Phi) is 6.03. The van der Waals surface area contributed by atoms with Crippen molar-refractivity contribution in [3.05, 3.63) is 34.3 Å². The summed E-state index contributed by atoms with van der Waals surface area (Å²) in [6.45, 7) is 1.07. The van der Waals surface area contributed by atoms with Crippen molar-refractivity contribution in [3.63, 3.8) is 0 Å². The molecule has 0 unspecified atom stereocenters. The van der Waals surface area contributed by atoms with E-state index in [0.717, 1.165) is 6.07 Å². The zero-order valence-corrected chi connectivity index (χ0v) is 15.7. The summed E-state index contributed by atoms with van der Waals surface area (Å²) in [4.78, 5) is 12.0. The molecule has 1 aliphatic heterocycles. The summed E-state index contributed by atoms with van der Waals surface area (Å²) in [7, 11) is 0. The predicted molar refractivity (Wildman–Crippen MR) is 88.0 cm³/mol. The molecule has 0 bridgehead atoms. The minimum absolute atomic E-state index is 0.296. The third-order valence-corrected chi connectivity index (χ3v) is 4.76. The zero-order valence-electron chi connectivity index (χ0n) is 11.7. The maximum atomic E-state index is 13.1. The van der Waals surface area contributed by atoms with Crippen molar-refractivity contribution < 1.29 is 22.7 Å². The Morgan fingerprint density at radius 1 is 1.30 bits per heavy atom. The molecule has 1 aromatic carbocycles. The van der Waals surface area contributed by atoms with Crippen molar-refractivity contribution in [2.24, 2.45) is 0 Å². The van der Waals surface area contributed by atoms with Crippen LogP contribution in [0, 0.1) is 0 Å². The van der Waals surface area contributed by atoms with Crippen LogP contribution in [-0.4, -0.2) is 22.8 Å². The number of hydrogen-bond donors (Lipinski definition) is 1. The van der Waals surface area contributed by atoms with Crippen molar-refractivity contribution in [1.29, 1.82) is 0 Å². The molecule has 0 spiro atoms. The second kappa shape index (κ2) is 7.29. The van der Waals surface area contributed by atoms with Crippen LogP contribution in [0.15, 0.2) is 18.2 Å². The number of halogens is 6. The molecule has 1 fully saturated rings. The summed E-state index contributed by atoms with van der Waals surface area (Å²) in [6, 6.07) is 3.64. The average Bonchev–Trinajstić information content (AvgIpc) is 2.47. The summed E-state index contributed by atoms with van der Waals surface area (Å²) in [5, 5.41) is 2.73. The first-order chi connectivity index (χ1) is 10.7. The van der Waals surface area contributed by atoms with E-state index >= 15 is 0 Å². The van der Waals surface area contributed by atoms with Crippen LogP contribution in [0.2, 0.25) is 5.02 Å². The third kappa shape index (κ3) is 4.41. The molecule has 23 heavy (non-hydrogen) atoms. The highest BCUT2D eigenvalue weighted by Crippen LogP contribution is 2.41. The number of esters is 1. The van der Waals surface area contributed by atoms with Crippen molar-refractivity contribution in [2.45, 2.75) is 28.4 Å². The first kappa shape index (κ1) is 19.0. The Labute approximate surface area is 153 Å². The quantitative estimate of drug-likeness (QED) is 0.509. The fourth-order valence-corrected chi connectivity index (χ4v) is 2.95. The van der Waals surface area contributed by atoms with Gasteiger partial charge in [0.2, 0.25) is 0 Å². The van der Waals surface area contributed by atoms with E-state index in [1.54, 1.807) is 0 Å². The molecule has 0 amide bonds. The highest BCUT2D eigenvalue weighted by Gasteiger charge is 2.41. The Morgan fingerprint density at radius 3 is 2.43 bits per heavy atom. The molecule has 128 valence electrons. The highest BCUT2D eigenvalue weighted by molar-refractivity contribution is 9.25. The lowest BCUT2D eigenvalue weighted by Gasteiger charge is -2.38. The molecule has 0 aliphatic carbocycles. The van der Waals surface area contributed by atoms with Gasteiger partial charge in [0.1, 0.15) is 5.60 Å². The fraction of sp³-hybridized carbons (Fsp3) is 0.500. The normalized spacial score (nSPS) is 18.0. The van der Waals surface area contributed by atoms with Crippen LogP contribution in [0.3, 0.4) is 0 Å². The lowest BCUT2D eigenvalue weighted by Crippen LogP contribution is -2.44. The Bertz CT molecular complexity index is 590. The molecular formula is C14H13Br2ClF3NO2. The standard InChI is InChI=1S/C14H13Br2ClF3NO2/c15-11(16)12(22)23-13(3-5-21-6-4-13)8-1-2-10(17)9(7-8)14(18,19)20/h1-2,7,11,21H,3-6H2. The zero-order chi connectivity index (χ0) is 17.3. The molecule has 0 saturated carbocycles. The number of carbonyl (C=O) groups is 1. The van der Waals surface area contributed by atoms with Gasteiger partial charge in [-0.1, -0.05) is 49.5 Å². The minimum atomic E-state index is -4.57. The number of rotatable bonds is 3. The van der Waals surface area contributed by atoms with E-state index in [0.29, 0.717) is 31.5 Å². The van der Waals surface area contributed by atoms with E-state index in [-0.39, 0.29) is 5.02 Å². The van der Waals surface area contributed by atoms with Gasteiger partial charge >= 0.3 is 12.1 Å². The van der Waals surface area contributed by atoms with Crippen LogP contribution >= 0.6 is 43.5 Å². The van der Waals surface area contributed by atoms with Gasteiger partial charge in [0.05, 0.1) is 10.6 Å². The molecule has 1 aliphatic rings. The van der Waals surface area contributed by atoms with Crippen LogP contribution < -0.4 is 5.32 Å². The minimum Gasteiger partial charge on any atom is -0.453 e. The monoisotopic (exact) mass is 477 g/mol. The van der Waals surface area contributed by atoms with Crippen LogP contribution in [-0.2, 0) is 21.3 Å². The number of carbonyl (C=O) groups excluding carboxylic acids is 1. The Hall–Kier alpha value is -0.310. The molecule has 1 N–H and O–H groups in total. The Morgan fingerprint density at radius 2 is 1.91 bits per heavy atom. The number of benzene rings is 1. The van der Waals surface area contributed by atoms with Crippen LogP contribution in [0.4, 0.5) is 13.2 Å². The summed E-state index contributed by atoms with van der Waals surface area (Å²) in [6.07, 6.45) is -3.81. The summed E-state index contributed by atoms with van der Waals surface area (Å²) in [5.74, 6) is -0.588. The van der Waals surface area contributed by atoms with Crippen molar-refractivity contribution >= 4 is 49.4 Å². The average molecular weight is 480 g/mol. The predicted octanol–water partition coefficient (Wildman–Crippen LogP) is 4.60. The van der Waals surface area contributed by atoms with Crippen molar-refractivity contribution in [1.82, 2.24) is 5.32 Å². The van der Waals surface area contributed by atoms with E-state index in [1.807, 2.05) is 0 Å². The van der Waals surface area contributed by atoms with Gasteiger partial charge in [-0.25, -0.2) is 4.79 Å². The SMILES string of the molecule is O=C(OC1(c2ccc(Cl)c(C(F)(F)F)c2)CCNCC1)C(Br)Br. The fourth-order valence-electron chi connectivity index (χ4n) is 2.54. The van der Waals surface area contributed by atoms with Crippen molar-refractivity contribution in [2.75, 3.05) is 13.1 Å². The largest absolute Gasteiger partial charge is 0.453 e. The first-order valence-electron chi connectivity index (χ1n) is 6.75. The molecule has 0 aromatic heterocycles. The van der Waals surface area contributed by atoms with Gasteiger partial charge in [-0.3, -0.25) is 0 Å². The molecular weight excluding hydrogens is 466 g/mol. The van der Waals surface area contributed by atoms with Crippen LogP contribution in [0.25, 0.3) is 0 Å². The molecule has 2 rings (SSSR count). The number of alkyl halides is 5. The van der Waals surface area contributed by atoms with E-state index in [1.165, 1.54) is 12.1 Å². The maximum Gasteiger partial charge on any atom is 0.417 e. The van der Waals surface area contributed by atoms with Crippen LogP contribution in [0.1, 0.15) is 24.0 Å². The van der Waals surface area contributed by atoms with Gasteiger partial charge in [-0.15, -0.1) is 0 Å².